The van der Waals surface area contributed by atoms with Crippen LogP contribution in [0.5, 0.6) is 0 Å². The lowest BCUT2D eigenvalue weighted by atomic mass is 9.93. The van der Waals surface area contributed by atoms with Crippen molar-refractivity contribution in [2.45, 2.75) is 51.9 Å². The highest BCUT2D eigenvalue weighted by atomic mass is 32.2. The van der Waals surface area contributed by atoms with Crippen molar-refractivity contribution in [3.05, 3.63) is 77.2 Å². The molecule has 1 aromatic heterocycles. The van der Waals surface area contributed by atoms with Crippen molar-refractivity contribution >= 4 is 10.2 Å². The first-order chi connectivity index (χ1) is 16.3. The topological polar surface area (TPSA) is 76.0 Å². The van der Waals surface area contributed by atoms with Crippen molar-refractivity contribution in [2.24, 2.45) is 0 Å². The van der Waals surface area contributed by atoms with E-state index >= 15 is 0 Å². The molecule has 1 heterocycles. The molecule has 0 radical (unpaired) electrons. The van der Waals surface area contributed by atoms with Gasteiger partial charge in [-0.3, -0.25) is 4.68 Å². The lowest BCUT2D eigenvalue weighted by Crippen LogP contribution is -2.48. The van der Waals surface area contributed by atoms with Crippen LogP contribution in [0, 0.1) is 5.82 Å². The van der Waals surface area contributed by atoms with Crippen LogP contribution in [0.1, 0.15) is 37.6 Å². The number of hydrogen-bond acceptors (Lipinski definition) is 3. The molecule has 0 aliphatic carbocycles. The number of aryl methyl sites for hydroxylation is 3. The van der Waals surface area contributed by atoms with Crippen molar-refractivity contribution in [3.8, 4) is 11.3 Å². The Balaban J connectivity index is 1.79. The smallest absolute Gasteiger partial charge is 0.269 e. The van der Waals surface area contributed by atoms with Gasteiger partial charge in [-0.15, -0.1) is 0 Å². The molecular weight excluding hydrogens is 484 g/mol. The Morgan fingerprint density at radius 3 is 2.31 bits per heavy atom. The van der Waals surface area contributed by atoms with E-state index in [-0.39, 0.29) is 5.82 Å². The predicted molar refractivity (Wildman–Crippen MR) is 126 cm³/mol. The van der Waals surface area contributed by atoms with E-state index in [1.54, 1.807) is 44.2 Å². The molecule has 0 aliphatic rings. The Bertz CT molecular complexity index is 1250. The Morgan fingerprint density at radius 1 is 1.00 bits per heavy atom. The van der Waals surface area contributed by atoms with E-state index in [1.165, 1.54) is 16.9 Å². The molecule has 0 spiro atoms. The number of nitrogens with zero attached hydrogens (tertiary/aromatic N) is 2. The first-order valence-electron chi connectivity index (χ1n) is 11.1. The van der Waals surface area contributed by atoms with E-state index in [0.717, 1.165) is 16.8 Å². The summed E-state index contributed by atoms with van der Waals surface area (Å²) in [5.74, 6) is -0.282. The highest BCUT2D eigenvalue weighted by Gasteiger charge is 2.32. The average Bonchev–Trinajstić information content (AvgIpc) is 3.20. The van der Waals surface area contributed by atoms with Crippen LogP contribution < -0.4 is 9.44 Å². The van der Waals surface area contributed by atoms with Crippen molar-refractivity contribution in [1.29, 1.82) is 0 Å². The summed E-state index contributed by atoms with van der Waals surface area (Å²) in [5.41, 5.74) is 2.81. The van der Waals surface area contributed by atoms with Crippen molar-refractivity contribution in [2.75, 3.05) is 6.54 Å². The van der Waals surface area contributed by atoms with Crippen molar-refractivity contribution < 1.29 is 26.0 Å². The first-order valence-corrected chi connectivity index (χ1v) is 12.5. The zero-order valence-corrected chi connectivity index (χ0v) is 20.5. The summed E-state index contributed by atoms with van der Waals surface area (Å²) >= 11 is 0. The van der Waals surface area contributed by atoms with Crippen LogP contribution in [0.3, 0.4) is 0 Å². The van der Waals surface area contributed by atoms with Crippen LogP contribution in [-0.2, 0) is 35.1 Å². The minimum Gasteiger partial charge on any atom is -0.269 e. The number of nitrogens with one attached hydrogen (secondary N) is 2. The fraction of sp³-hybridized carbons (Fsp3) is 0.375. The molecule has 0 saturated heterocycles. The molecule has 0 unspecified atom stereocenters. The average molecular weight is 513 g/mol. The van der Waals surface area contributed by atoms with Crippen LogP contribution in [0.15, 0.2) is 54.6 Å². The predicted octanol–water partition coefficient (Wildman–Crippen LogP) is 4.72. The lowest BCUT2D eigenvalue weighted by molar-refractivity contribution is -0.121. The molecule has 2 aromatic carbocycles. The zero-order valence-electron chi connectivity index (χ0n) is 19.7. The summed E-state index contributed by atoms with van der Waals surface area (Å²) in [5, 5.41) is 4.66. The van der Waals surface area contributed by atoms with Gasteiger partial charge in [-0.1, -0.05) is 30.3 Å². The molecular formula is C24H28F4N4O2S. The van der Waals surface area contributed by atoms with E-state index in [2.05, 4.69) is 9.82 Å². The van der Waals surface area contributed by atoms with Gasteiger partial charge in [0.25, 0.3) is 10.2 Å². The van der Waals surface area contributed by atoms with Crippen LogP contribution >= 0.6 is 0 Å². The molecule has 0 fully saturated rings. The number of halogens is 4. The maximum absolute atomic E-state index is 13.2. The number of hydrogen-bond donors (Lipinski definition) is 2. The van der Waals surface area contributed by atoms with Gasteiger partial charge >= 0.3 is 6.18 Å². The highest BCUT2D eigenvalue weighted by molar-refractivity contribution is 7.87. The minimum atomic E-state index is -4.66. The third kappa shape index (κ3) is 7.61. The molecule has 2 N–H and O–H groups in total. The fourth-order valence-electron chi connectivity index (χ4n) is 3.67. The van der Waals surface area contributed by atoms with Crippen molar-refractivity contribution in [1.82, 2.24) is 19.2 Å². The number of rotatable bonds is 10. The molecule has 3 rings (SSSR count). The van der Waals surface area contributed by atoms with E-state index in [0.29, 0.717) is 30.6 Å². The van der Waals surface area contributed by atoms with Crippen LogP contribution in [0.2, 0.25) is 0 Å². The van der Waals surface area contributed by atoms with Gasteiger partial charge in [-0.25, -0.2) is 4.39 Å². The molecule has 190 valence electrons. The summed E-state index contributed by atoms with van der Waals surface area (Å²) < 4.78 is 80.4. The van der Waals surface area contributed by atoms with E-state index in [9.17, 15) is 26.0 Å². The van der Waals surface area contributed by atoms with Gasteiger partial charge in [0.1, 0.15) is 12.4 Å². The fourth-order valence-corrected chi connectivity index (χ4v) is 4.89. The highest BCUT2D eigenvalue weighted by Crippen LogP contribution is 2.27. The van der Waals surface area contributed by atoms with Gasteiger partial charge in [-0.2, -0.15) is 36.1 Å². The van der Waals surface area contributed by atoms with Gasteiger partial charge in [0.15, 0.2) is 0 Å². The SMILES string of the molecule is CCn1nc(-c2cccc(C(C)(C)NS(=O)(=O)NCC(F)(F)F)c2)cc1CCc1ccc(F)cc1. The van der Waals surface area contributed by atoms with E-state index in [4.69, 9.17) is 0 Å². The van der Waals surface area contributed by atoms with E-state index in [1.807, 2.05) is 23.7 Å². The molecule has 6 nitrogen and oxygen atoms in total. The zero-order chi connectivity index (χ0) is 25.9. The lowest BCUT2D eigenvalue weighted by Gasteiger charge is -2.27. The molecule has 0 bridgehead atoms. The molecule has 3 aromatic rings. The summed E-state index contributed by atoms with van der Waals surface area (Å²) in [6.45, 7) is 4.10. The second-order valence-electron chi connectivity index (χ2n) is 8.71. The monoisotopic (exact) mass is 512 g/mol. The maximum atomic E-state index is 13.2. The summed E-state index contributed by atoms with van der Waals surface area (Å²) in [7, 11) is -4.40. The number of benzene rings is 2. The Hall–Kier alpha value is -2.76. The third-order valence-electron chi connectivity index (χ3n) is 5.48. The molecule has 35 heavy (non-hydrogen) atoms. The molecule has 0 amide bonds. The van der Waals surface area contributed by atoms with Crippen molar-refractivity contribution in [3.63, 3.8) is 0 Å². The first kappa shape index (κ1) is 26.8. The number of aromatic nitrogens is 2. The summed E-state index contributed by atoms with van der Waals surface area (Å²) in [6, 6.07) is 15.3. The van der Waals surface area contributed by atoms with Gasteiger partial charge in [0, 0.05) is 17.8 Å². The summed E-state index contributed by atoms with van der Waals surface area (Å²) in [6.07, 6.45) is -3.25. The normalized spacial score (nSPS) is 12.8. The second kappa shape index (κ2) is 10.5. The largest absolute Gasteiger partial charge is 0.402 e. The summed E-state index contributed by atoms with van der Waals surface area (Å²) in [4.78, 5) is 0. The quantitative estimate of drug-likeness (QED) is 0.386. The van der Waals surface area contributed by atoms with Crippen LogP contribution in [-0.4, -0.2) is 30.9 Å². The molecule has 11 heteroatoms. The Morgan fingerprint density at radius 2 is 1.69 bits per heavy atom. The molecule has 0 aliphatic heterocycles. The Kier molecular flexibility index (Phi) is 8.03. The molecule has 0 atom stereocenters. The van der Waals surface area contributed by atoms with Crippen LogP contribution in [0.4, 0.5) is 17.6 Å². The molecule has 0 saturated carbocycles. The third-order valence-corrected chi connectivity index (χ3v) is 6.78. The number of alkyl halides is 3. The standard InChI is InChI=1S/C24H28F4N4O2S/c1-4-32-21(13-10-17-8-11-20(25)12-9-17)15-22(30-32)18-6-5-7-19(14-18)23(2,3)31-35(33,34)29-16-24(26,27)28/h5-9,11-12,14-15,29,31H,4,10,13,16H2,1-3H3. The maximum Gasteiger partial charge on any atom is 0.402 e. The Labute approximate surface area is 202 Å². The minimum absolute atomic E-state index is 0.282. The van der Waals surface area contributed by atoms with Crippen LogP contribution in [0.25, 0.3) is 11.3 Å². The van der Waals surface area contributed by atoms with Gasteiger partial charge in [0.05, 0.1) is 11.2 Å². The second-order valence-corrected chi connectivity index (χ2v) is 10.2. The van der Waals surface area contributed by atoms with Gasteiger partial charge in [-0.05, 0) is 69.0 Å². The van der Waals surface area contributed by atoms with Gasteiger partial charge in [0.2, 0.25) is 0 Å². The van der Waals surface area contributed by atoms with Gasteiger partial charge < -0.3 is 0 Å². The van der Waals surface area contributed by atoms with E-state index < -0.39 is 28.5 Å².